The maximum absolute atomic E-state index is 11.7. The first kappa shape index (κ1) is 24.0. The van der Waals surface area contributed by atoms with E-state index in [9.17, 15) is 4.79 Å². The molecule has 1 fully saturated rings. The number of amides is 1. The minimum atomic E-state index is -0.240. The van der Waals surface area contributed by atoms with Crippen LogP contribution in [0.3, 0.4) is 0 Å². The summed E-state index contributed by atoms with van der Waals surface area (Å²) in [6, 6.07) is 6.54. The normalized spacial score (nSPS) is 15.5. The van der Waals surface area contributed by atoms with E-state index in [1.165, 1.54) is 12.7 Å². The maximum atomic E-state index is 11.7. The Morgan fingerprint density at radius 2 is 1.81 bits per heavy atom. The standard InChI is InChI=1S/C15H19N3O2.3C2H6/c1-11-5-6-13-14(8-11)18(10-16-13)12-4-3-7-17(9-12)15(19)20-2;3*1-2/h5-6,8,10,12H,3-4,7,9H2,1-2H3;3*1-2H3. The quantitative estimate of drug-likeness (QED) is 0.640. The fourth-order valence-corrected chi connectivity index (χ4v) is 2.90. The Hall–Kier alpha value is -2.04. The van der Waals surface area contributed by atoms with Crippen LogP contribution in [0, 0.1) is 6.92 Å². The highest BCUT2D eigenvalue weighted by molar-refractivity contribution is 5.76. The Bertz CT molecular complexity index is 637. The highest BCUT2D eigenvalue weighted by Gasteiger charge is 2.26. The Labute approximate surface area is 159 Å². The molecule has 0 saturated carbocycles. The van der Waals surface area contributed by atoms with E-state index in [4.69, 9.17) is 4.74 Å². The number of fused-ring (bicyclic) bond motifs is 1. The van der Waals surface area contributed by atoms with E-state index in [-0.39, 0.29) is 12.1 Å². The van der Waals surface area contributed by atoms with Crippen molar-refractivity contribution in [3.05, 3.63) is 30.1 Å². The SMILES string of the molecule is CC.CC.CC.COC(=O)N1CCCC(n2cnc3ccc(C)cc32)C1. The van der Waals surface area contributed by atoms with Crippen LogP contribution in [0.5, 0.6) is 0 Å². The summed E-state index contributed by atoms with van der Waals surface area (Å²) < 4.78 is 7.02. The van der Waals surface area contributed by atoms with Gasteiger partial charge in [0.15, 0.2) is 0 Å². The van der Waals surface area contributed by atoms with Crippen LogP contribution in [0.15, 0.2) is 24.5 Å². The monoisotopic (exact) mass is 363 g/mol. The summed E-state index contributed by atoms with van der Waals surface area (Å²) in [5, 5.41) is 0. The van der Waals surface area contributed by atoms with E-state index >= 15 is 0 Å². The number of imidazole rings is 1. The molecule has 1 aromatic carbocycles. The predicted octanol–water partition coefficient (Wildman–Crippen LogP) is 5.83. The largest absolute Gasteiger partial charge is 0.453 e. The number of hydrogen-bond donors (Lipinski definition) is 0. The molecule has 148 valence electrons. The van der Waals surface area contributed by atoms with Gasteiger partial charge in [-0.05, 0) is 37.5 Å². The zero-order chi connectivity index (χ0) is 20.1. The molecular formula is C21H37N3O2. The third-order valence-electron chi connectivity index (χ3n) is 3.95. The molecule has 1 saturated heterocycles. The number of carbonyl (C=O) groups is 1. The van der Waals surface area contributed by atoms with Crippen LogP contribution in [-0.4, -0.2) is 40.7 Å². The first-order chi connectivity index (χ1) is 12.7. The van der Waals surface area contributed by atoms with Gasteiger partial charge in [-0.1, -0.05) is 47.6 Å². The lowest BCUT2D eigenvalue weighted by atomic mass is 10.1. The van der Waals surface area contributed by atoms with Gasteiger partial charge < -0.3 is 14.2 Å². The Morgan fingerprint density at radius 1 is 1.15 bits per heavy atom. The summed E-state index contributed by atoms with van der Waals surface area (Å²) in [6.07, 6.45) is 3.70. The lowest BCUT2D eigenvalue weighted by Crippen LogP contribution is -2.40. The molecule has 0 spiro atoms. The molecule has 1 unspecified atom stereocenters. The Balaban J connectivity index is 0.000000948. The molecule has 0 radical (unpaired) electrons. The second-order valence-electron chi connectivity index (χ2n) is 5.36. The second-order valence-corrected chi connectivity index (χ2v) is 5.36. The van der Waals surface area contributed by atoms with Gasteiger partial charge in [0.25, 0.3) is 0 Å². The summed E-state index contributed by atoms with van der Waals surface area (Å²) in [7, 11) is 1.43. The molecule has 1 amide bonds. The molecule has 1 aliphatic rings. The number of hydrogen-bond acceptors (Lipinski definition) is 3. The Kier molecular flexibility index (Phi) is 12.2. The lowest BCUT2D eigenvalue weighted by molar-refractivity contribution is 0.104. The average Bonchev–Trinajstić information content (AvgIpc) is 3.15. The molecule has 2 heterocycles. The van der Waals surface area contributed by atoms with Crippen LogP contribution in [0.4, 0.5) is 4.79 Å². The number of aromatic nitrogens is 2. The Morgan fingerprint density at radius 3 is 2.42 bits per heavy atom. The summed E-state index contributed by atoms with van der Waals surface area (Å²) in [5.41, 5.74) is 3.37. The van der Waals surface area contributed by atoms with Crippen molar-refractivity contribution >= 4 is 17.1 Å². The van der Waals surface area contributed by atoms with E-state index in [1.54, 1.807) is 4.90 Å². The van der Waals surface area contributed by atoms with Gasteiger partial charge in [0, 0.05) is 13.1 Å². The molecule has 1 atom stereocenters. The van der Waals surface area contributed by atoms with Crippen LogP contribution >= 0.6 is 0 Å². The predicted molar refractivity (Wildman–Crippen MR) is 111 cm³/mol. The molecule has 0 aliphatic carbocycles. The second kappa shape index (κ2) is 13.2. The van der Waals surface area contributed by atoms with Gasteiger partial charge >= 0.3 is 6.09 Å². The van der Waals surface area contributed by atoms with Crippen molar-refractivity contribution in [2.45, 2.75) is 67.3 Å². The summed E-state index contributed by atoms with van der Waals surface area (Å²) in [5.74, 6) is 0. The number of benzene rings is 1. The van der Waals surface area contributed by atoms with Crippen molar-refractivity contribution in [3.8, 4) is 0 Å². The molecule has 2 aromatic rings. The lowest BCUT2D eigenvalue weighted by Gasteiger charge is -2.32. The number of aryl methyl sites for hydroxylation is 1. The van der Waals surface area contributed by atoms with E-state index < -0.39 is 0 Å². The molecule has 5 heteroatoms. The van der Waals surface area contributed by atoms with Crippen LogP contribution < -0.4 is 0 Å². The molecule has 1 aliphatic heterocycles. The fraction of sp³-hybridized carbons (Fsp3) is 0.619. The molecule has 0 N–H and O–H groups in total. The van der Waals surface area contributed by atoms with E-state index in [1.807, 2.05) is 53.9 Å². The van der Waals surface area contributed by atoms with E-state index in [0.29, 0.717) is 6.54 Å². The first-order valence-corrected chi connectivity index (χ1v) is 9.95. The van der Waals surface area contributed by atoms with Gasteiger partial charge in [0.1, 0.15) is 0 Å². The number of likely N-dealkylation sites (tertiary alicyclic amines) is 1. The van der Waals surface area contributed by atoms with Crippen molar-refractivity contribution < 1.29 is 9.53 Å². The third kappa shape index (κ3) is 6.04. The van der Waals surface area contributed by atoms with E-state index in [2.05, 4.69) is 28.6 Å². The molecule has 26 heavy (non-hydrogen) atoms. The zero-order valence-corrected chi connectivity index (χ0v) is 17.9. The van der Waals surface area contributed by atoms with Gasteiger partial charge in [-0.2, -0.15) is 0 Å². The minimum absolute atomic E-state index is 0.240. The number of carbonyl (C=O) groups excluding carboxylic acids is 1. The van der Waals surface area contributed by atoms with Crippen LogP contribution in [0.2, 0.25) is 0 Å². The topological polar surface area (TPSA) is 47.4 Å². The van der Waals surface area contributed by atoms with Crippen molar-refractivity contribution in [1.29, 1.82) is 0 Å². The average molecular weight is 364 g/mol. The molecule has 0 bridgehead atoms. The minimum Gasteiger partial charge on any atom is -0.453 e. The number of piperidine rings is 1. The smallest absolute Gasteiger partial charge is 0.409 e. The highest BCUT2D eigenvalue weighted by atomic mass is 16.5. The van der Waals surface area contributed by atoms with Gasteiger partial charge in [0.2, 0.25) is 0 Å². The summed E-state index contributed by atoms with van der Waals surface area (Å²) in [6.45, 7) is 15.5. The van der Waals surface area contributed by atoms with Gasteiger partial charge in [-0.25, -0.2) is 9.78 Å². The highest BCUT2D eigenvalue weighted by Crippen LogP contribution is 2.26. The molecular weight excluding hydrogens is 326 g/mol. The van der Waals surface area contributed by atoms with E-state index in [0.717, 1.165) is 30.4 Å². The number of rotatable bonds is 1. The molecule has 1 aromatic heterocycles. The van der Waals surface area contributed by atoms with Crippen molar-refractivity contribution in [1.82, 2.24) is 14.5 Å². The summed E-state index contributed by atoms with van der Waals surface area (Å²) >= 11 is 0. The van der Waals surface area contributed by atoms with Crippen LogP contribution in [0.25, 0.3) is 11.0 Å². The van der Waals surface area contributed by atoms with Crippen molar-refractivity contribution in [3.63, 3.8) is 0 Å². The molecule has 3 rings (SSSR count). The van der Waals surface area contributed by atoms with Crippen LogP contribution in [0.1, 0.15) is 66.0 Å². The first-order valence-electron chi connectivity index (χ1n) is 9.95. The number of ether oxygens (including phenoxy) is 1. The van der Waals surface area contributed by atoms with Gasteiger partial charge in [-0.3, -0.25) is 0 Å². The fourth-order valence-electron chi connectivity index (χ4n) is 2.90. The maximum Gasteiger partial charge on any atom is 0.409 e. The van der Waals surface area contributed by atoms with Crippen LogP contribution in [-0.2, 0) is 4.74 Å². The van der Waals surface area contributed by atoms with Crippen molar-refractivity contribution in [2.24, 2.45) is 0 Å². The summed E-state index contributed by atoms with van der Waals surface area (Å²) in [4.78, 5) is 17.9. The van der Waals surface area contributed by atoms with Crippen molar-refractivity contribution in [2.75, 3.05) is 20.2 Å². The third-order valence-corrected chi connectivity index (χ3v) is 3.95. The van der Waals surface area contributed by atoms with Gasteiger partial charge in [-0.15, -0.1) is 0 Å². The number of methoxy groups -OCH3 is 1. The zero-order valence-electron chi connectivity index (χ0n) is 17.9. The number of nitrogens with zero attached hydrogens (tertiary/aromatic N) is 3. The van der Waals surface area contributed by atoms with Gasteiger partial charge in [0.05, 0.1) is 30.5 Å². The molecule has 5 nitrogen and oxygen atoms in total.